The largest absolute Gasteiger partial charge is 0.340 e. The van der Waals surface area contributed by atoms with Crippen LogP contribution in [-0.2, 0) is 16.1 Å². The number of benzene rings is 1. The van der Waals surface area contributed by atoms with Crippen molar-refractivity contribution < 1.29 is 19.2 Å². The molecule has 0 saturated heterocycles. The summed E-state index contributed by atoms with van der Waals surface area (Å²) >= 11 is 1.36. The molecular weight excluding hydrogens is 292 g/mol. The first-order valence-corrected chi connectivity index (χ1v) is 6.98. The number of amides is 2. The Balaban J connectivity index is 1.73. The minimum atomic E-state index is -0.696. The number of hydrogen-bond donors (Lipinski definition) is 0. The maximum atomic E-state index is 12.0. The summed E-state index contributed by atoms with van der Waals surface area (Å²) in [5.41, 5.74) is 0.473. The van der Waals surface area contributed by atoms with E-state index in [9.17, 15) is 14.4 Å². The minimum absolute atomic E-state index is 0.0775. The van der Waals surface area contributed by atoms with Crippen LogP contribution in [0.5, 0.6) is 0 Å². The molecule has 0 atom stereocenters. The Morgan fingerprint density at radius 3 is 2.38 bits per heavy atom. The lowest BCUT2D eigenvalue weighted by molar-refractivity contribution is -0.167. The molecule has 106 valence electrons. The Morgan fingerprint density at radius 1 is 1.24 bits per heavy atom. The number of aryl methyl sites for hydroxylation is 1. The van der Waals surface area contributed by atoms with E-state index in [2.05, 4.69) is 4.98 Å². The van der Waals surface area contributed by atoms with Gasteiger partial charge < -0.3 is 4.84 Å². The van der Waals surface area contributed by atoms with Crippen molar-refractivity contribution in [1.82, 2.24) is 10.0 Å². The van der Waals surface area contributed by atoms with Gasteiger partial charge >= 0.3 is 5.97 Å². The lowest BCUT2D eigenvalue weighted by Crippen LogP contribution is -2.33. The van der Waals surface area contributed by atoms with Crippen LogP contribution >= 0.6 is 11.3 Å². The smallest absolute Gasteiger partial charge is 0.329 e. The maximum Gasteiger partial charge on any atom is 0.340 e. The first-order chi connectivity index (χ1) is 10.1. The molecule has 0 spiro atoms. The number of fused-ring (bicyclic) bond motifs is 1. The minimum Gasteiger partial charge on any atom is -0.329 e. The Kier molecular flexibility index (Phi) is 3.26. The summed E-state index contributed by atoms with van der Waals surface area (Å²) < 4.78 is 0. The molecule has 0 fully saturated rings. The number of aromatic nitrogens is 1. The first-order valence-electron chi connectivity index (χ1n) is 6.16. The van der Waals surface area contributed by atoms with Crippen molar-refractivity contribution in [3.8, 4) is 0 Å². The van der Waals surface area contributed by atoms with Gasteiger partial charge in [0.2, 0.25) is 0 Å². The quantitative estimate of drug-likeness (QED) is 0.807. The van der Waals surface area contributed by atoms with Gasteiger partial charge in [-0.05, 0) is 19.1 Å². The molecule has 1 aromatic heterocycles. The fraction of sp³-hybridized carbons (Fsp3) is 0.143. The van der Waals surface area contributed by atoms with Crippen LogP contribution in [0.2, 0.25) is 0 Å². The SMILES string of the molecule is Cc1cnc(CC(=O)ON2C(=O)c3ccccc3C2=O)s1. The molecule has 21 heavy (non-hydrogen) atoms. The van der Waals surface area contributed by atoms with E-state index in [1.54, 1.807) is 18.3 Å². The third-order valence-corrected chi connectivity index (χ3v) is 3.83. The van der Waals surface area contributed by atoms with Crippen molar-refractivity contribution in [1.29, 1.82) is 0 Å². The number of rotatable bonds is 3. The van der Waals surface area contributed by atoms with Crippen LogP contribution in [-0.4, -0.2) is 27.8 Å². The lowest BCUT2D eigenvalue weighted by atomic mass is 10.1. The van der Waals surface area contributed by atoms with Crippen molar-refractivity contribution >= 4 is 29.1 Å². The summed E-state index contributed by atoms with van der Waals surface area (Å²) in [6.45, 7) is 1.87. The van der Waals surface area contributed by atoms with Gasteiger partial charge in [-0.2, -0.15) is 0 Å². The second kappa shape index (κ2) is 5.10. The zero-order chi connectivity index (χ0) is 15.0. The molecule has 1 aliphatic heterocycles. The van der Waals surface area contributed by atoms with Crippen LogP contribution < -0.4 is 0 Å². The van der Waals surface area contributed by atoms with Crippen molar-refractivity contribution in [3.05, 3.63) is 51.5 Å². The molecule has 1 aromatic carbocycles. The third-order valence-electron chi connectivity index (χ3n) is 2.91. The maximum absolute atomic E-state index is 12.0. The number of thiazole rings is 1. The highest BCUT2D eigenvalue weighted by Gasteiger charge is 2.38. The topological polar surface area (TPSA) is 76.6 Å². The Bertz CT molecular complexity index is 718. The molecule has 0 radical (unpaired) electrons. The van der Waals surface area contributed by atoms with Gasteiger partial charge in [0, 0.05) is 11.1 Å². The highest BCUT2D eigenvalue weighted by molar-refractivity contribution is 7.11. The van der Waals surface area contributed by atoms with E-state index in [1.165, 1.54) is 23.5 Å². The Labute approximate surface area is 123 Å². The lowest BCUT2D eigenvalue weighted by Gasteiger charge is -2.11. The monoisotopic (exact) mass is 302 g/mol. The Morgan fingerprint density at radius 2 is 1.86 bits per heavy atom. The molecule has 0 bridgehead atoms. The van der Waals surface area contributed by atoms with Gasteiger partial charge in [0.25, 0.3) is 11.8 Å². The highest BCUT2D eigenvalue weighted by Crippen LogP contribution is 2.23. The molecule has 0 unspecified atom stereocenters. The summed E-state index contributed by atoms with van der Waals surface area (Å²) in [6.07, 6.45) is 1.57. The molecule has 2 aromatic rings. The average Bonchev–Trinajstić information content (AvgIpc) is 2.97. The molecule has 0 saturated carbocycles. The third kappa shape index (κ3) is 2.43. The zero-order valence-corrected chi connectivity index (χ0v) is 11.8. The molecule has 2 amide bonds. The van der Waals surface area contributed by atoms with Gasteiger partial charge in [-0.1, -0.05) is 17.2 Å². The predicted molar refractivity (Wildman–Crippen MR) is 73.6 cm³/mol. The van der Waals surface area contributed by atoms with Crippen molar-refractivity contribution in [2.45, 2.75) is 13.3 Å². The van der Waals surface area contributed by atoms with Crippen molar-refractivity contribution in [2.24, 2.45) is 0 Å². The summed E-state index contributed by atoms with van der Waals surface area (Å²) in [5.74, 6) is -1.95. The van der Waals surface area contributed by atoms with E-state index in [0.717, 1.165) is 4.88 Å². The van der Waals surface area contributed by atoms with Gasteiger partial charge in [-0.3, -0.25) is 9.59 Å². The van der Waals surface area contributed by atoms with Crippen LogP contribution in [0.1, 0.15) is 30.6 Å². The molecule has 6 nitrogen and oxygen atoms in total. The molecule has 7 heteroatoms. The molecule has 2 heterocycles. The van der Waals surface area contributed by atoms with Gasteiger partial charge in [-0.25, -0.2) is 9.78 Å². The number of carbonyl (C=O) groups is 3. The number of nitrogens with zero attached hydrogens (tertiary/aromatic N) is 2. The summed E-state index contributed by atoms with van der Waals surface area (Å²) in [5, 5.41) is 1.09. The van der Waals surface area contributed by atoms with E-state index in [-0.39, 0.29) is 17.5 Å². The van der Waals surface area contributed by atoms with E-state index in [4.69, 9.17) is 4.84 Å². The van der Waals surface area contributed by atoms with Crippen molar-refractivity contribution in [3.63, 3.8) is 0 Å². The average molecular weight is 302 g/mol. The number of hydrogen-bond acceptors (Lipinski definition) is 6. The van der Waals surface area contributed by atoms with E-state index < -0.39 is 17.8 Å². The van der Waals surface area contributed by atoms with E-state index in [1.807, 2.05) is 6.92 Å². The molecule has 1 aliphatic rings. The first kappa shape index (κ1) is 13.4. The fourth-order valence-corrected chi connectivity index (χ4v) is 2.76. The van der Waals surface area contributed by atoms with Gasteiger partial charge in [0.1, 0.15) is 11.4 Å². The predicted octanol–water partition coefficient (Wildman–Crippen LogP) is 1.75. The van der Waals surface area contributed by atoms with E-state index >= 15 is 0 Å². The number of carbonyl (C=O) groups excluding carboxylic acids is 3. The highest BCUT2D eigenvalue weighted by atomic mass is 32.1. The summed E-state index contributed by atoms with van der Waals surface area (Å²) in [4.78, 5) is 45.7. The normalized spacial score (nSPS) is 13.5. The number of imide groups is 1. The summed E-state index contributed by atoms with van der Waals surface area (Å²) in [7, 11) is 0. The van der Waals surface area contributed by atoms with Crippen LogP contribution in [0.3, 0.4) is 0 Å². The van der Waals surface area contributed by atoms with Gasteiger partial charge in [-0.15, -0.1) is 11.3 Å². The number of hydroxylamine groups is 2. The zero-order valence-electron chi connectivity index (χ0n) is 11.0. The molecular formula is C14H10N2O4S. The van der Waals surface area contributed by atoms with Crippen molar-refractivity contribution in [2.75, 3.05) is 0 Å². The van der Waals surface area contributed by atoms with Gasteiger partial charge in [0.15, 0.2) is 0 Å². The van der Waals surface area contributed by atoms with Crippen LogP contribution in [0.4, 0.5) is 0 Å². The van der Waals surface area contributed by atoms with Crippen LogP contribution in [0.25, 0.3) is 0 Å². The Hall–Kier alpha value is -2.54. The summed E-state index contributed by atoms with van der Waals surface area (Å²) in [6, 6.07) is 6.34. The standard InChI is InChI=1S/C14H10N2O4S/c1-8-7-15-11(21-8)6-12(17)20-16-13(18)9-4-2-3-5-10(9)14(16)19/h2-5,7H,6H2,1H3. The second-order valence-corrected chi connectivity index (χ2v) is 5.77. The van der Waals surface area contributed by atoms with E-state index in [0.29, 0.717) is 10.1 Å². The molecule has 0 N–H and O–H groups in total. The van der Waals surface area contributed by atoms with Gasteiger partial charge in [0.05, 0.1) is 11.1 Å². The second-order valence-electron chi connectivity index (χ2n) is 4.45. The van der Waals surface area contributed by atoms with Crippen LogP contribution in [0.15, 0.2) is 30.5 Å². The molecule has 3 rings (SSSR count). The van der Waals surface area contributed by atoms with Crippen LogP contribution in [0, 0.1) is 6.92 Å². The fourth-order valence-electron chi connectivity index (χ4n) is 1.99. The molecule has 0 aliphatic carbocycles.